The molecule has 38 heavy (non-hydrogen) atoms. The third-order valence-electron chi connectivity index (χ3n) is 6.31. The Morgan fingerprint density at radius 2 is 1.53 bits per heavy atom. The fraction of sp³-hybridized carbons (Fsp3) is 0.800. The molecule has 0 unspecified atom stereocenters. The van der Waals surface area contributed by atoms with Gasteiger partial charge in [0.2, 0.25) is 17.7 Å². The average molecular weight is 579 g/mol. The van der Waals surface area contributed by atoms with Crippen LogP contribution < -0.4 is 21.7 Å². The van der Waals surface area contributed by atoms with E-state index >= 15 is 0 Å². The first-order chi connectivity index (χ1) is 17.9. The van der Waals surface area contributed by atoms with E-state index in [1.165, 1.54) is 0 Å². The molecule has 0 bridgehead atoms. The third-order valence-corrected chi connectivity index (χ3v) is 7.09. The molecule has 0 aliphatic rings. The van der Waals surface area contributed by atoms with Crippen LogP contribution in [0.15, 0.2) is 0 Å². The molecule has 0 heterocycles. The van der Waals surface area contributed by atoms with Gasteiger partial charge in [-0.1, -0.05) is 26.7 Å². The predicted octanol–water partition coefficient (Wildman–Crippen LogP) is 1.74. The number of hydrogen-bond acceptors (Lipinski definition) is 8. The molecule has 0 aromatic heterocycles. The molecule has 220 valence electrons. The van der Waals surface area contributed by atoms with E-state index in [0.717, 1.165) is 31.4 Å². The fourth-order valence-electron chi connectivity index (χ4n) is 3.64. The number of nitrogens with two attached hydrogens (primary N) is 1. The topological polar surface area (TPSA) is 188 Å². The van der Waals surface area contributed by atoms with Gasteiger partial charge in [0.05, 0.1) is 6.04 Å². The first kappa shape index (κ1) is 36.0. The quantitative estimate of drug-likeness (QED) is 0.0704. The summed E-state index contributed by atoms with van der Waals surface area (Å²) >= 11 is 8.66. The van der Waals surface area contributed by atoms with Gasteiger partial charge in [-0.25, -0.2) is 4.79 Å². The third kappa shape index (κ3) is 16.8. The Bertz CT molecular complexity index is 757. The summed E-state index contributed by atoms with van der Waals surface area (Å²) in [4.78, 5) is 59.8. The molecular weight excluding hydrogens is 532 g/mol. The predicted molar refractivity (Wildman–Crippen MR) is 152 cm³/mol. The van der Waals surface area contributed by atoms with Gasteiger partial charge in [0.15, 0.2) is 0 Å². The molecule has 11 nitrogen and oxygen atoms in total. The van der Waals surface area contributed by atoms with E-state index in [0.29, 0.717) is 37.5 Å². The van der Waals surface area contributed by atoms with Crippen LogP contribution in [0.3, 0.4) is 0 Å². The van der Waals surface area contributed by atoms with Crippen molar-refractivity contribution in [2.75, 3.05) is 12.3 Å². The Morgan fingerprint density at radius 1 is 0.868 bits per heavy atom. The van der Waals surface area contributed by atoms with Crippen molar-refractivity contribution in [3.8, 4) is 0 Å². The molecule has 0 aromatic rings. The maximum atomic E-state index is 12.9. The van der Waals surface area contributed by atoms with Crippen molar-refractivity contribution >= 4 is 54.9 Å². The minimum atomic E-state index is -1.18. The van der Waals surface area contributed by atoms with Gasteiger partial charge < -0.3 is 31.9 Å². The summed E-state index contributed by atoms with van der Waals surface area (Å²) in [6.45, 7) is 3.91. The van der Waals surface area contributed by atoms with Gasteiger partial charge in [0.1, 0.15) is 12.1 Å². The molecule has 13 heteroatoms. The van der Waals surface area contributed by atoms with Crippen molar-refractivity contribution in [2.45, 2.75) is 108 Å². The van der Waals surface area contributed by atoms with Gasteiger partial charge in [0.25, 0.3) is 0 Å². The van der Waals surface area contributed by atoms with Gasteiger partial charge in [-0.05, 0) is 56.6 Å². The highest BCUT2D eigenvalue weighted by molar-refractivity contribution is 7.81. The Kier molecular flexibility index (Phi) is 19.8. The molecule has 0 saturated carbocycles. The lowest BCUT2D eigenvalue weighted by atomic mass is 9.98. The van der Waals surface area contributed by atoms with Gasteiger partial charge in [-0.15, -0.1) is 0 Å². The molecule has 0 saturated heterocycles. The number of carboxylic acids is 2. The number of carbonyl (C=O) groups excluding carboxylic acids is 3. The minimum absolute atomic E-state index is 0.0558. The average Bonchev–Trinajstić information content (AvgIpc) is 2.86. The van der Waals surface area contributed by atoms with E-state index in [1.54, 1.807) is 6.92 Å². The van der Waals surface area contributed by atoms with Crippen molar-refractivity contribution < 1.29 is 34.2 Å². The molecule has 3 amide bonds. The number of hydrogen-bond donors (Lipinski definition) is 8. The lowest BCUT2D eigenvalue weighted by Gasteiger charge is -2.25. The number of carboxylic acid groups (broad SMARTS) is 2. The van der Waals surface area contributed by atoms with Gasteiger partial charge in [-0.3, -0.25) is 19.2 Å². The first-order valence-electron chi connectivity index (χ1n) is 13.3. The molecule has 7 N–H and O–H groups in total. The standard InChI is InChI=1S/C25H46N4O7S2/c1-3-16(2)22(25(35)36)29-24(34)19(28-23(33)18(26)11-12-21(31)32)9-6-7-14-27-20(30)10-5-4-8-17(38)13-15-37/h16-19,22,37-38H,3-15,26H2,1-2H3,(H,27,30)(H,28,33)(H,29,34)(H,31,32)(H,35,36)/t16-,17+,18-,19-,22-/m0/s1. The lowest BCUT2D eigenvalue weighted by molar-refractivity contribution is -0.143. The summed E-state index contributed by atoms with van der Waals surface area (Å²) < 4.78 is 0. The van der Waals surface area contributed by atoms with Crippen LogP contribution in [0.25, 0.3) is 0 Å². The largest absolute Gasteiger partial charge is 0.481 e. The lowest BCUT2D eigenvalue weighted by Crippen LogP contribution is -2.55. The molecule has 0 rings (SSSR count). The second-order valence-corrected chi connectivity index (χ2v) is 10.7. The van der Waals surface area contributed by atoms with Gasteiger partial charge in [0, 0.05) is 24.6 Å². The number of amides is 3. The molecular formula is C25H46N4O7S2. The number of unbranched alkanes of at least 4 members (excludes halogenated alkanes) is 2. The summed E-state index contributed by atoms with van der Waals surface area (Å²) in [6, 6.07) is -3.30. The monoisotopic (exact) mass is 578 g/mol. The zero-order valence-corrected chi connectivity index (χ0v) is 24.3. The fourth-order valence-corrected chi connectivity index (χ4v) is 4.47. The van der Waals surface area contributed by atoms with Crippen molar-refractivity contribution in [2.24, 2.45) is 11.7 Å². The van der Waals surface area contributed by atoms with Crippen LogP contribution in [0.4, 0.5) is 0 Å². The van der Waals surface area contributed by atoms with Crippen molar-refractivity contribution in [3.63, 3.8) is 0 Å². The van der Waals surface area contributed by atoms with Crippen LogP contribution in [0.2, 0.25) is 0 Å². The van der Waals surface area contributed by atoms with E-state index in [4.69, 9.17) is 10.8 Å². The number of nitrogens with one attached hydrogen (secondary N) is 3. The molecule has 5 atom stereocenters. The maximum absolute atomic E-state index is 12.9. The Hall–Kier alpha value is -1.99. The number of aliphatic carboxylic acids is 2. The van der Waals surface area contributed by atoms with Crippen molar-refractivity contribution in [3.05, 3.63) is 0 Å². The van der Waals surface area contributed by atoms with E-state index < -0.39 is 41.9 Å². The summed E-state index contributed by atoms with van der Waals surface area (Å²) in [7, 11) is 0. The van der Waals surface area contributed by atoms with Crippen LogP contribution in [0.1, 0.15) is 84.5 Å². The number of rotatable bonds is 22. The highest BCUT2D eigenvalue weighted by Gasteiger charge is 2.30. The van der Waals surface area contributed by atoms with Crippen molar-refractivity contribution in [1.82, 2.24) is 16.0 Å². The molecule has 0 aliphatic carbocycles. The van der Waals surface area contributed by atoms with E-state index in [1.807, 2.05) is 6.92 Å². The van der Waals surface area contributed by atoms with Crippen molar-refractivity contribution in [1.29, 1.82) is 0 Å². The van der Waals surface area contributed by atoms with E-state index in [2.05, 4.69) is 41.2 Å². The Balaban J connectivity index is 4.81. The van der Waals surface area contributed by atoms with Gasteiger partial charge >= 0.3 is 11.9 Å². The highest BCUT2D eigenvalue weighted by atomic mass is 32.1. The van der Waals surface area contributed by atoms with Gasteiger partial charge in [-0.2, -0.15) is 25.3 Å². The Labute approximate surface area is 236 Å². The normalized spacial score (nSPS) is 15.0. The number of thiol groups is 2. The van der Waals surface area contributed by atoms with Crippen LogP contribution in [-0.4, -0.2) is 75.5 Å². The highest BCUT2D eigenvalue weighted by Crippen LogP contribution is 2.13. The first-order valence-corrected chi connectivity index (χ1v) is 14.4. The SMILES string of the molecule is CC[C@H](C)[C@H](NC(=O)[C@H](CCCCNC(=O)CCCC[C@@H](S)CCS)NC(=O)[C@@H](N)CCC(=O)O)C(=O)O. The van der Waals surface area contributed by atoms with E-state index in [9.17, 15) is 29.1 Å². The molecule has 0 aromatic carbocycles. The van der Waals surface area contributed by atoms with Crippen LogP contribution in [0, 0.1) is 5.92 Å². The minimum Gasteiger partial charge on any atom is -0.481 e. The molecule has 0 spiro atoms. The molecule has 0 radical (unpaired) electrons. The summed E-state index contributed by atoms with van der Waals surface area (Å²) in [6.07, 6.45) is 5.30. The molecule has 0 aliphatic heterocycles. The summed E-state index contributed by atoms with van der Waals surface area (Å²) in [5.41, 5.74) is 5.77. The second kappa shape index (κ2) is 20.9. The summed E-state index contributed by atoms with van der Waals surface area (Å²) in [5, 5.41) is 26.5. The van der Waals surface area contributed by atoms with E-state index in [-0.39, 0.29) is 31.1 Å². The molecule has 0 fully saturated rings. The number of carbonyl (C=O) groups is 5. The maximum Gasteiger partial charge on any atom is 0.326 e. The Morgan fingerprint density at radius 3 is 2.11 bits per heavy atom. The van der Waals surface area contributed by atoms with Crippen LogP contribution in [0.5, 0.6) is 0 Å². The summed E-state index contributed by atoms with van der Waals surface area (Å²) in [5.74, 6) is -3.21. The smallest absolute Gasteiger partial charge is 0.326 e. The zero-order valence-electron chi connectivity index (χ0n) is 22.5. The van der Waals surface area contributed by atoms with Crippen LogP contribution >= 0.6 is 25.3 Å². The second-order valence-electron chi connectivity index (χ2n) is 9.57. The van der Waals surface area contributed by atoms with Crippen LogP contribution in [-0.2, 0) is 24.0 Å². The zero-order chi connectivity index (χ0) is 29.1.